The number of fused-ring (bicyclic) bond motifs is 2. The van der Waals surface area contributed by atoms with Gasteiger partial charge in [0, 0.05) is 5.39 Å². The van der Waals surface area contributed by atoms with E-state index in [9.17, 15) is 19.2 Å². The molecule has 3 saturated carbocycles. The first kappa shape index (κ1) is 51.0. The van der Waals surface area contributed by atoms with E-state index in [1.165, 1.54) is 32.1 Å². The molecule has 0 saturated heterocycles. The van der Waals surface area contributed by atoms with Gasteiger partial charge in [0.05, 0.1) is 46.7 Å². The van der Waals surface area contributed by atoms with E-state index < -0.39 is 0 Å². The zero-order chi connectivity index (χ0) is 48.4. The minimum Gasteiger partial charge on any atom is -0.494 e. The predicted molar refractivity (Wildman–Crippen MR) is 271 cm³/mol. The number of esters is 4. The maximum absolute atomic E-state index is 13.9. The molecule has 3 aromatic carbocycles. The van der Waals surface area contributed by atoms with Crippen LogP contribution in [0.5, 0.6) is 23.0 Å². The van der Waals surface area contributed by atoms with Crippen molar-refractivity contribution < 1.29 is 47.3 Å². The molecule has 69 heavy (non-hydrogen) atoms. The molecule has 3 fully saturated rings. The number of hydrogen-bond acceptors (Lipinski definition) is 12. The summed E-state index contributed by atoms with van der Waals surface area (Å²) in [6, 6.07) is 17.0. The highest BCUT2D eigenvalue weighted by molar-refractivity contribution is 8.19. The number of thioether (sulfide) groups is 2. The fourth-order valence-electron chi connectivity index (χ4n) is 10.8. The number of furan rings is 1. The first-order chi connectivity index (χ1) is 33.5. The SMILES string of the molecule is CCC1CCC(C2CCC(C(=O)Oc3ccc(OC(=O)C4CCC(C(=O)Oc5ccc(OCCCCCCOC(=O)C(C)CC)cc5)CC4)c4c3SC(c3cc5c(C)cc(C)cc5o3)S4)CC2)CC1. The monoisotopic (exact) mass is 980 g/mol. The quantitative estimate of drug-likeness (QED) is 0.0504. The van der Waals surface area contributed by atoms with E-state index in [1.54, 1.807) is 59.9 Å². The molecule has 0 amide bonds. The lowest BCUT2D eigenvalue weighted by Gasteiger charge is -2.37. The fourth-order valence-corrected chi connectivity index (χ4v) is 13.6. The Hall–Kier alpha value is -4.42. The van der Waals surface area contributed by atoms with Gasteiger partial charge in [0.1, 0.15) is 38.9 Å². The van der Waals surface area contributed by atoms with Crippen molar-refractivity contribution in [1.82, 2.24) is 0 Å². The summed E-state index contributed by atoms with van der Waals surface area (Å²) in [6.07, 6.45) is 17.1. The summed E-state index contributed by atoms with van der Waals surface area (Å²) >= 11 is 3.13. The van der Waals surface area contributed by atoms with Gasteiger partial charge in [0.25, 0.3) is 0 Å². The Morgan fingerprint density at radius 2 is 1.14 bits per heavy atom. The summed E-state index contributed by atoms with van der Waals surface area (Å²) in [5.74, 6) is 3.53. The van der Waals surface area contributed by atoms with Crippen LogP contribution in [-0.4, -0.2) is 37.1 Å². The van der Waals surface area contributed by atoms with Crippen LogP contribution in [0.25, 0.3) is 11.0 Å². The molecule has 2 unspecified atom stereocenters. The van der Waals surface area contributed by atoms with Crippen LogP contribution in [0.1, 0.15) is 158 Å². The van der Waals surface area contributed by atoms with E-state index in [0.29, 0.717) is 67.8 Å². The lowest BCUT2D eigenvalue weighted by atomic mass is 9.69. The van der Waals surface area contributed by atoms with Crippen LogP contribution in [0.15, 0.2) is 68.8 Å². The number of hydrogen-bond donors (Lipinski definition) is 0. The van der Waals surface area contributed by atoms with Crippen LogP contribution < -0.4 is 18.9 Å². The van der Waals surface area contributed by atoms with Gasteiger partial charge in [-0.15, -0.1) is 0 Å². The number of carbonyl (C=O) groups is 4. The first-order valence-electron chi connectivity index (χ1n) is 26.0. The average Bonchev–Trinajstić information content (AvgIpc) is 4.02. The van der Waals surface area contributed by atoms with E-state index in [2.05, 4.69) is 39.0 Å². The van der Waals surface area contributed by atoms with Crippen LogP contribution in [0, 0.1) is 55.3 Å². The van der Waals surface area contributed by atoms with Gasteiger partial charge in [-0.2, -0.15) is 0 Å². The number of carbonyl (C=O) groups excluding carboxylic acids is 4. The lowest BCUT2D eigenvalue weighted by Crippen LogP contribution is -2.30. The Bertz CT molecular complexity index is 2380. The van der Waals surface area contributed by atoms with Gasteiger partial charge < -0.3 is 28.1 Å². The van der Waals surface area contributed by atoms with Gasteiger partial charge in [-0.1, -0.05) is 69.6 Å². The van der Waals surface area contributed by atoms with Crippen molar-refractivity contribution in [3.8, 4) is 23.0 Å². The standard InChI is InChI=1S/C57H72O10S2/c1-6-36(4)53(58)63-31-11-9-8-10-30-62-44-24-26-45(27-25-44)64-54(59)41-20-22-43(23-21-41)56(61)67-48-29-28-47(66-55(60)42-18-16-40(17-19-42)39-14-12-38(7-2)13-15-39)51-52(48)69-57(68-51)50-34-46-37(5)32-35(3)33-49(46)65-50/h24-29,32-34,36,38-43,57H,6-23,30-31H2,1-5H3. The Morgan fingerprint density at radius 3 is 1.71 bits per heavy atom. The number of aryl methyl sites for hydroxylation is 2. The van der Waals surface area contributed by atoms with Gasteiger partial charge in [-0.25, -0.2) is 0 Å². The van der Waals surface area contributed by atoms with Gasteiger partial charge >= 0.3 is 23.9 Å². The van der Waals surface area contributed by atoms with E-state index >= 15 is 0 Å². The molecule has 0 bridgehead atoms. The van der Waals surface area contributed by atoms with Crippen molar-refractivity contribution in [3.05, 3.63) is 71.5 Å². The molecule has 4 aliphatic rings. The normalized spacial score (nSPS) is 24.0. The molecule has 2 atom stereocenters. The van der Waals surface area contributed by atoms with Crippen molar-refractivity contribution in [3.63, 3.8) is 0 Å². The third kappa shape index (κ3) is 13.1. The third-order valence-electron chi connectivity index (χ3n) is 15.4. The minimum atomic E-state index is -0.362. The van der Waals surface area contributed by atoms with Crippen LogP contribution in [0.3, 0.4) is 0 Å². The molecule has 8 rings (SSSR count). The van der Waals surface area contributed by atoms with Crippen molar-refractivity contribution in [2.45, 2.75) is 165 Å². The lowest BCUT2D eigenvalue weighted by molar-refractivity contribution is -0.148. The zero-order valence-corrected chi connectivity index (χ0v) is 43.0. The van der Waals surface area contributed by atoms with E-state index in [-0.39, 0.29) is 52.1 Å². The molecule has 0 radical (unpaired) electrons. The molecule has 2 heterocycles. The molecule has 10 nitrogen and oxygen atoms in total. The Morgan fingerprint density at radius 1 is 0.623 bits per heavy atom. The fraction of sp³-hybridized carbons (Fsp3) is 0.579. The molecular weight excluding hydrogens is 909 g/mol. The molecule has 1 aromatic heterocycles. The summed E-state index contributed by atoms with van der Waals surface area (Å²) in [5.41, 5.74) is 3.12. The maximum atomic E-state index is 13.9. The summed E-state index contributed by atoms with van der Waals surface area (Å²) in [7, 11) is 0. The Kier molecular flexibility index (Phi) is 17.8. The molecule has 4 aromatic rings. The van der Waals surface area contributed by atoms with Crippen molar-refractivity contribution in [1.29, 1.82) is 0 Å². The summed E-state index contributed by atoms with van der Waals surface area (Å²) in [4.78, 5) is 54.3. The van der Waals surface area contributed by atoms with Gasteiger partial charge in [-0.05, 0) is 188 Å². The predicted octanol–water partition coefficient (Wildman–Crippen LogP) is 14.7. The second-order valence-electron chi connectivity index (χ2n) is 20.3. The molecule has 3 aliphatic carbocycles. The Balaban J connectivity index is 0.829. The summed E-state index contributed by atoms with van der Waals surface area (Å²) in [6.45, 7) is 11.4. The number of ether oxygens (including phenoxy) is 5. The highest BCUT2D eigenvalue weighted by Crippen LogP contribution is 2.63. The Labute approximate surface area is 417 Å². The molecular formula is C57H72O10S2. The molecule has 12 heteroatoms. The highest BCUT2D eigenvalue weighted by Gasteiger charge is 2.38. The van der Waals surface area contributed by atoms with Crippen molar-refractivity contribution in [2.75, 3.05) is 13.2 Å². The van der Waals surface area contributed by atoms with Gasteiger partial charge in [0.15, 0.2) is 0 Å². The molecule has 1 aliphatic heterocycles. The van der Waals surface area contributed by atoms with E-state index in [4.69, 9.17) is 28.1 Å². The van der Waals surface area contributed by atoms with Gasteiger partial charge in [0.2, 0.25) is 0 Å². The zero-order valence-electron chi connectivity index (χ0n) is 41.4. The smallest absolute Gasteiger partial charge is 0.314 e. The number of unbranched alkanes of at least 4 members (excludes halogenated alkanes) is 3. The van der Waals surface area contributed by atoms with E-state index in [0.717, 1.165) is 107 Å². The van der Waals surface area contributed by atoms with Crippen molar-refractivity contribution >= 4 is 58.4 Å². The van der Waals surface area contributed by atoms with Crippen LogP contribution in [-0.2, 0) is 23.9 Å². The largest absolute Gasteiger partial charge is 0.494 e. The first-order valence-corrected chi connectivity index (χ1v) is 27.8. The third-order valence-corrected chi connectivity index (χ3v) is 18.3. The van der Waals surface area contributed by atoms with Crippen LogP contribution in [0.4, 0.5) is 0 Å². The second kappa shape index (κ2) is 24.1. The number of rotatable bonds is 19. The van der Waals surface area contributed by atoms with Gasteiger partial charge in [-0.3, -0.25) is 19.2 Å². The van der Waals surface area contributed by atoms with Crippen LogP contribution in [0.2, 0.25) is 0 Å². The summed E-state index contributed by atoms with van der Waals surface area (Å²) < 4.78 is 35.8. The molecule has 0 N–H and O–H groups in total. The van der Waals surface area contributed by atoms with Crippen LogP contribution >= 0.6 is 23.5 Å². The maximum Gasteiger partial charge on any atom is 0.314 e. The van der Waals surface area contributed by atoms with Crippen molar-refractivity contribution in [2.24, 2.45) is 41.4 Å². The summed E-state index contributed by atoms with van der Waals surface area (Å²) in [5, 5.41) is 1.07. The molecule has 372 valence electrons. The number of benzene rings is 3. The minimum absolute atomic E-state index is 0.0516. The molecule has 0 spiro atoms. The topological polar surface area (TPSA) is 128 Å². The van der Waals surface area contributed by atoms with E-state index in [1.807, 2.05) is 13.8 Å². The highest BCUT2D eigenvalue weighted by atomic mass is 32.2. The average molecular weight is 981 g/mol. The second-order valence-corrected chi connectivity index (χ2v) is 22.8.